The van der Waals surface area contributed by atoms with Crippen LogP contribution in [-0.2, 0) is 0 Å². The van der Waals surface area contributed by atoms with E-state index in [4.69, 9.17) is 33.2 Å². The first kappa shape index (κ1) is 75.5. The zero-order chi connectivity index (χ0) is 88.5. The Labute approximate surface area is 772 Å². The van der Waals surface area contributed by atoms with Gasteiger partial charge < -0.3 is 31.9 Å². The fraction of sp³-hybridized carbons (Fsp3) is 0. The van der Waals surface area contributed by atoms with Crippen molar-refractivity contribution in [2.24, 2.45) is 0 Å². The summed E-state index contributed by atoms with van der Waals surface area (Å²) in [6.07, 6.45) is 0. The Morgan fingerprint density at radius 2 is 0.504 bits per heavy atom. The van der Waals surface area contributed by atoms with Crippen LogP contribution in [0.2, 0.25) is 0 Å². The number of furan rings is 3. The molecule has 0 atom stereocenters. The highest BCUT2D eigenvalue weighted by molar-refractivity contribution is 6.31. The van der Waals surface area contributed by atoms with Gasteiger partial charge in [0.2, 0.25) is 11.9 Å². The lowest BCUT2D eigenvalue weighted by molar-refractivity contribution is 0.669. The summed E-state index contributed by atoms with van der Waals surface area (Å²) in [5.74, 6) is 1.26. The molecule has 0 bridgehead atoms. The quantitative estimate of drug-likeness (QED) is 0.138. The Bertz CT molecular complexity index is 9210. The summed E-state index contributed by atoms with van der Waals surface area (Å²) >= 11 is 0. The third kappa shape index (κ3) is 11.8. The van der Waals surface area contributed by atoms with E-state index in [2.05, 4.69) is 398 Å². The number of anilines is 9. The molecule has 0 fully saturated rings. The first-order valence-corrected chi connectivity index (χ1v) is 45.6. The van der Waals surface area contributed by atoms with Crippen molar-refractivity contribution in [3.05, 3.63) is 449 Å². The molecule has 13 heteroatoms. The van der Waals surface area contributed by atoms with Crippen molar-refractivity contribution in [3.63, 3.8) is 0 Å². The largest absolute Gasteiger partial charge is 0.456 e. The summed E-state index contributed by atoms with van der Waals surface area (Å²) in [6, 6.07) is 158. The Kier molecular flexibility index (Phi) is 16.8. The van der Waals surface area contributed by atoms with Gasteiger partial charge >= 0.3 is 0 Å². The first-order chi connectivity index (χ1) is 67.0. The third-order valence-electron chi connectivity index (χ3n) is 27.1. The van der Waals surface area contributed by atoms with Crippen molar-refractivity contribution >= 4 is 183 Å². The molecule has 630 valence electrons. The van der Waals surface area contributed by atoms with Crippen LogP contribution < -0.4 is 14.7 Å². The van der Waals surface area contributed by atoms with E-state index in [0.717, 1.165) is 184 Å². The maximum Gasteiger partial charge on any atom is 0.235 e. The van der Waals surface area contributed by atoms with E-state index in [-0.39, 0.29) is 0 Å². The SMILES string of the molecule is c1ccc(-c2cc(-c3ccccc3)cc(N3c4ccccc4-n4c5ccc6oc7ccccc7c6c5c5cccc3c54)c2)cc1.c1ccc(-c2cc(-c3ccccc3)nc(N3c4ccccc4-n4c5c3cccc5c3ccc5oc6ccccc6c5c34)n2)cc1.c1ccc(-c2cc(-c3ccccc3)nc(N3c4ccccc4-n4c5cc6oc7ccccc7c6cc5c5cccc3c54)n2)cc1. The van der Waals surface area contributed by atoms with Gasteiger partial charge in [-0.3, -0.25) is 9.80 Å². The molecular formula is C122H74N10O3. The summed E-state index contributed by atoms with van der Waals surface area (Å²) in [5, 5.41) is 14.0. The first-order valence-electron chi connectivity index (χ1n) is 45.6. The highest BCUT2D eigenvalue weighted by Gasteiger charge is 2.36. The highest BCUT2D eigenvalue weighted by atomic mass is 16.3. The topological polar surface area (TPSA) is 115 Å². The van der Waals surface area contributed by atoms with E-state index in [1.807, 2.05) is 78.9 Å². The summed E-state index contributed by atoms with van der Waals surface area (Å²) < 4.78 is 26.3. The minimum atomic E-state index is 0.630. The Morgan fingerprint density at radius 3 is 1.01 bits per heavy atom. The number of hydrogen-bond acceptors (Lipinski definition) is 10. The summed E-state index contributed by atoms with van der Waals surface area (Å²) in [6.45, 7) is 0. The lowest BCUT2D eigenvalue weighted by Gasteiger charge is -2.33. The van der Waals surface area contributed by atoms with Crippen LogP contribution in [0.4, 0.5) is 51.7 Å². The molecule has 0 aliphatic carbocycles. The van der Waals surface area contributed by atoms with Crippen molar-refractivity contribution in [2.45, 2.75) is 0 Å². The number of rotatable bonds is 9. The van der Waals surface area contributed by atoms with Gasteiger partial charge in [-0.05, 0) is 156 Å². The average molecular weight is 1730 g/mol. The minimum Gasteiger partial charge on any atom is -0.456 e. The molecule has 13 nitrogen and oxygen atoms in total. The van der Waals surface area contributed by atoms with Gasteiger partial charge in [0, 0.05) is 93.3 Å². The molecular weight excluding hydrogens is 1650 g/mol. The smallest absolute Gasteiger partial charge is 0.235 e. The van der Waals surface area contributed by atoms with Crippen LogP contribution in [0.1, 0.15) is 0 Å². The van der Waals surface area contributed by atoms with Gasteiger partial charge in [-0.25, -0.2) is 19.9 Å². The van der Waals surface area contributed by atoms with Crippen LogP contribution in [-0.4, -0.2) is 33.6 Å². The molecule has 3 aliphatic heterocycles. The normalized spacial score (nSPS) is 12.4. The van der Waals surface area contributed by atoms with Gasteiger partial charge in [0.1, 0.15) is 33.5 Å². The second kappa shape index (κ2) is 30.1. The van der Waals surface area contributed by atoms with Crippen molar-refractivity contribution in [1.82, 2.24) is 33.6 Å². The maximum absolute atomic E-state index is 6.35. The summed E-state index contributed by atoms with van der Waals surface area (Å²) in [4.78, 5) is 27.8. The van der Waals surface area contributed by atoms with Gasteiger partial charge in [0.15, 0.2) is 0 Å². The van der Waals surface area contributed by atoms with Gasteiger partial charge in [-0.1, -0.05) is 309 Å². The minimum absolute atomic E-state index is 0.630. The molecule has 135 heavy (non-hydrogen) atoms. The zero-order valence-corrected chi connectivity index (χ0v) is 72.4. The number of fused-ring (bicyclic) bond motifs is 26. The number of benzene rings is 19. The predicted molar refractivity (Wildman–Crippen MR) is 553 cm³/mol. The highest BCUT2D eigenvalue weighted by Crippen LogP contribution is 2.57. The van der Waals surface area contributed by atoms with Gasteiger partial charge in [0.25, 0.3) is 0 Å². The molecule has 19 aromatic carbocycles. The molecule has 0 saturated carbocycles. The zero-order valence-electron chi connectivity index (χ0n) is 72.4. The van der Waals surface area contributed by atoms with E-state index in [9.17, 15) is 0 Å². The van der Waals surface area contributed by atoms with Gasteiger partial charge in [-0.15, -0.1) is 0 Å². The number of para-hydroxylation sites is 12. The van der Waals surface area contributed by atoms with Crippen molar-refractivity contribution < 1.29 is 13.3 Å². The molecule has 3 aliphatic rings. The monoisotopic (exact) mass is 1730 g/mol. The molecule has 8 aromatic heterocycles. The van der Waals surface area contributed by atoms with Crippen molar-refractivity contribution in [1.29, 1.82) is 0 Å². The molecule has 30 rings (SSSR count). The van der Waals surface area contributed by atoms with E-state index in [1.165, 1.54) is 71.0 Å². The lowest BCUT2D eigenvalue weighted by atomic mass is 9.97. The van der Waals surface area contributed by atoms with Crippen molar-refractivity contribution in [3.8, 4) is 84.3 Å². The molecule has 0 radical (unpaired) electrons. The standard InChI is InChI=1S/C42H26N2O.2C40H24N4O/c1-3-12-27(13-4-1)29-24-30(28-14-5-2-6-15-28)26-31(25-29)43-34-18-8-9-19-35(34)44-36-22-23-39-41(32-16-7-10-21-38(32)45-39)40(36)33-17-11-20-37(43)42(33)44;1-3-12-25(13-4-1)31-23-32(26-14-5-2-6-15-26)42-40(41-31)44-34-19-9-8-18-33(34)43-36-24-38-30(27-16-7-10-21-37(27)45-38)22-29(36)28-17-11-20-35(44)39(28)43;1-3-12-25(13-4-1)30-24-31(26-14-5-2-6-15-26)42-40(41-30)43-32-18-8-9-19-33(32)44-38-27(17-11-20-34(38)43)28-22-23-36-37(39(28)44)29-16-7-10-21-35(29)45-36/h1-26H;2*1-24H. The summed E-state index contributed by atoms with van der Waals surface area (Å²) in [5.41, 5.74) is 35.6. The number of hydrogen-bond donors (Lipinski definition) is 0. The average Bonchev–Trinajstić information content (AvgIpc) is 1.54. The van der Waals surface area contributed by atoms with Crippen LogP contribution in [0.25, 0.3) is 216 Å². The Morgan fingerprint density at radius 1 is 0.163 bits per heavy atom. The van der Waals surface area contributed by atoms with E-state index in [1.54, 1.807) is 0 Å². The second-order valence-electron chi connectivity index (χ2n) is 34.7. The summed E-state index contributed by atoms with van der Waals surface area (Å²) in [7, 11) is 0. The third-order valence-corrected chi connectivity index (χ3v) is 27.1. The van der Waals surface area contributed by atoms with E-state index in [0.29, 0.717) is 11.9 Å². The number of nitrogens with zero attached hydrogens (tertiary/aromatic N) is 10. The Balaban J connectivity index is 0.000000101. The predicted octanol–water partition coefficient (Wildman–Crippen LogP) is 33.0. The molecule has 0 amide bonds. The molecule has 0 unspecified atom stereocenters. The van der Waals surface area contributed by atoms with Crippen LogP contribution in [0.3, 0.4) is 0 Å². The Hall–Kier alpha value is -18.5. The van der Waals surface area contributed by atoms with Crippen LogP contribution in [0.5, 0.6) is 0 Å². The molecule has 0 saturated heterocycles. The molecule has 11 heterocycles. The molecule has 27 aromatic rings. The fourth-order valence-corrected chi connectivity index (χ4v) is 21.3. The van der Waals surface area contributed by atoms with Crippen molar-refractivity contribution in [2.75, 3.05) is 14.7 Å². The maximum atomic E-state index is 6.35. The van der Waals surface area contributed by atoms with Gasteiger partial charge in [-0.2, -0.15) is 0 Å². The van der Waals surface area contributed by atoms with E-state index >= 15 is 0 Å². The van der Waals surface area contributed by atoms with Gasteiger partial charge in [0.05, 0.1) is 112 Å². The number of aromatic nitrogens is 7. The van der Waals surface area contributed by atoms with E-state index < -0.39 is 0 Å². The van der Waals surface area contributed by atoms with Crippen LogP contribution in [0, 0.1) is 0 Å². The van der Waals surface area contributed by atoms with Crippen LogP contribution >= 0.6 is 0 Å². The second-order valence-corrected chi connectivity index (χ2v) is 34.7. The van der Waals surface area contributed by atoms with Crippen LogP contribution in [0.15, 0.2) is 462 Å². The lowest BCUT2D eigenvalue weighted by Crippen LogP contribution is -2.20. The molecule has 0 spiro atoms. The molecule has 0 N–H and O–H groups in total. The fourth-order valence-electron chi connectivity index (χ4n) is 21.3.